The molecule has 0 saturated carbocycles. The number of methoxy groups -OCH3 is 1. The van der Waals surface area contributed by atoms with Crippen LogP contribution in [0.2, 0.25) is 0 Å². The summed E-state index contributed by atoms with van der Waals surface area (Å²) >= 11 is 0. The smallest absolute Gasteiger partial charge is 0.151 e. The Kier molecular flexibility index (Phi) is 4.87. The minimum Gasteiger partial charge on any atom is -0.394 e. The minimum atomic E-state index is -1.69. The molecule has 0 amide bonds. The molecule has 0 rings (SSSR count). The number of hydrogen-bond donors (Lipinski definition) is 4. The van der Waals surface area contributed by atoms with Crippen LogP contribution in [0, 0.1) is 0 Å². The van der Waals surface area contributed by atoms with Crippen LogP contribution in [0.4, 0.5) is 0 Å². The Morgan fingerprint density at radius 3 is 2.46 bits per heavy atom. The van der Waals surface area contributed by atoms with E-state index < -0.39 is 38.1 Å². The highest BCUT2D eigenvalue weighted by atomic mass is 16.5. The minimum absolute atomic E-state index is 0.215. The van der Waals surface area contributed by atoms with Crippen LogP contribution in [0.3, 0.4) is 0 Å². The lowest BCUT2D eigenvalue weighted by Crippen LogP contribution is -2.47. The van der Waals surface area contributed by atoms with Crippen molar-refractivity contribution in [1.82, 2.24) is 0 Å². The van der Waals surface area contributed by atoms with E-state index in [2.05, 4.69) is 4.74 Å². The van der Waals surface area contributed by atoms with E-state index in [1.165, 1.54) is 0 Å². The number of ether oxygens (including phenoxy) is 1. The molecule has 78 valence electrons. The maximum absolute atomic E-state index is 10.3. The summed E-state index contributed by atoms with van der Waals surface area (Å²) in [6.07, 6.45) is -6.08. The maximum atomic E-state index is 10.3. The highest BCUT2D eigenvalue weighted by Gasteiger charge is 2.30. The van der Waals surface area contributed by atoms with Gasteiger partial charge in [-0.15, -0.1) is 0 Å². The molecule has 0 aromatic heterocycles. The fraction of sp³-hybridized carbons (Fsp3) is 0.857. The molecular weight excluding hydrogens is 180 g/mol. The summed E-state index contributed by atoms with van der Waals surface area (Å²) in [7, 11) is -0.553. The Labute approximate surface area is 76.8 Å². The first kappa shape index (κ1) is 10.6. The van der Waals surface area contributed by atoms with Gasteiger partial charge in [0.05, 0.1) is 7.98 Å². The number of hydrogen-bond acceptors (Lipinski definition) is 6. The van der Waals surface area contributed by atoms with Gasteiger partial charge >= 0.3 is 0 Å². The van der Waals surface area contributed by atoms with E-state index in [9.17, 15) is 9.90 Å². The standard InChI is InChI=1S/C7H14O6/c1-13-5(3-9)7(12)6(11)4(10)2-8/h3-8,10-12H,2H2,1H3/t4-,5+,6-,7+/m1/s1/i1D. The summed E-state index contributed by atoms with van der Waals surface area (Å²) in [4.78, 5) is 10.3. The summed E-state index contributed by atoms with van der Waals surface area (Å²) in [6, 6.07) is 0. The molecule has 0 heterocycles. The molecule has 6 heteroatoms. The van der Waals surface area contributed by atoms with E-state index in [1.807, 2.05) is 0 Å². The van der Waals surface area contributed by atoms with Crippen molar-refractivity contribution in [3.63, 3.8) is 0 Å². The largest absolute Gasteiger partial charge is 0.394 e. The van der Waals surface area contributed by atoms with Gasteiger partial charge in [-0.1, -0.05) is 0 Å². The van der Waals surface area contributed by atoms with Crippen LogP contribution >= 0.6 is 0 Å². The highest BCUT2D eigenvalue weighted by Crippen LogP contribution is 2.05. The topological polar surface area (TPSA) is 107 Å². The van der Waals surface area contributed by atoms with Gasteiger partial charge in [0.1, 0.15) is 24.4 Å². The predicted octanol–water partition coefficient (Wildman–Crippen LogP) is -2.72. The highest BCUT2D eigenvalue weighted by molar-refractivity contribution is 5.57. The van der Waals surface area contributed by atoms with Crippen LogP contribution in [0.5, 0.6) is 0 Å². The SMILES string of the molecule is [2H]CO[C@@H](C=O)[C@H](O)[C@H](O)[C@H](O)CO. The van der Waals surface area contributed by atoms with E-state index >= 15 is 0 Å². The van der Waals surface area contributed by atoms with Crippen molar-refractivity contribution in [2.24, 2.45) is 0 Å². The lowest BCUT2D eigenvalue weighted by molar-refractivity contribution is -0.141. The van der Waals surface area contributed by atoms with Crippen LogP contribution in [-0.4, -0.2) is 64.8 Å². The van der Waals surface area contributed by atoms with E-state index in [4.69, 9.17) is 16.7 Å². The summed E-state index contributed by atoms with van der Waals surface area (Å²) < 4.78 is 11.1. The Bertz CT molecular complexity index is 166. The second kappa shape index (κ2) is 6.01. The number of carbonyl (C=O) groups is 1. The summed E-state index contributed by atoms with van der Waals surface area (Å²) in [6.45, 7) is -0.745. The molecule has 0 aromatic rings. The van der Waals surface area contributed by atoms with E-state index in [0.29, 0.717) is 0 Å². The first-order valence-electron chi connectivity index (χ1n) is 4.30. The van der Waals surface area contributed by atoms with Crippen LogP contribution in [0.25, 0.3) is 0 Å². The zero-order valence-corrected chi connectivity index (χ0v) is 6.91. The van der Waals surface area contributed by atoms with Crippen LogP contribution in [-0.2, 0) is 9.53 Å². The maximum Gasteiger partial charge on any atom is 0.151 e. The van der Waals surface area contributed by atoms with Gasteiger partial charge in [0, 0.05) is 7.09 Å². The first-order valence-corrected chi connectivity index (χ1v) is 3.59. The molecule has 4 N–H and O–H groups in total. The zero-order valence-electron chi connectivity index (χ0n) is 7.91. The molecule has 0 unspecified atom stereocenters. The molecule has 13 heavy (non-hydrogen) atoms. The molecule has 0 saturated heterocycles. The molecule has 0 aliphatic carbocycles. The van der Waals surface area contributed by atoms with Gasteiger partial charge in [-0.3, -0.25) is 0 Å². The molecule has 6 nitrogen and oxygen atoms in total. The van der Waals surface area contributed by atoms with Crippen molar-refractivity contribution in [3.05, 3.63) is 0 Å². The average Bonchev–Trinajstić information content (AvgIpc) is 2.22. The van der Waals surface area contributed by atoms with Crippen molar-refractivity contribution in [1.29, 1.82) is 0 Å². The Morgan fingerprint density at radius 1 is 1.46 bits per heavy atom. The fourth-order valence-electron chi connectivity index (χ4n) is 0.748. The van der Waals surface area contributed by atoms with Crippen LogP contribution in [0.1, 0.15) is 1.37 Å². The fourth-order valence-corrected chi connectivity index (χ4v) is 0.748. The van der Waals surface area contributed by atoms with Gasteiger partial charge in [0.25, 0.3) is 0 Å². The molecule has 0 bridgehead atoms. The predicted molar refractivity (Wildman–Crippen MR) is 42.0 cm³/mol. The second-order valence-corrected chi connectivity index (χ2v) is 2.50. The van der Waals surface area contributed by atoms with Crippen LogP contribution < -0.4 is 0 Å². The Balaban J connectivity index is 4.25. The molecule has 0 fully saturated rings. The summed E-state index contributed by atoms with van der Waals surface area (Å²) in [5, 5.41) is 35.8. The Hall–Kier alpha value is -0.530. The van der Waals surface area contributed by atoms with Crippen molar-refractivity contribution in [3.8, 4) is 0 Å². The van der Waals surface area contributed by atoms with Crippen molar-refractivity contribution >= 4 is 6.29 Å². The van der Waals surface area contributed by atoms with Gasteiger partial charge in [0.15, 0.2) is 6.29 Å². The van der Waals surface area contributed by atoms with Crippen LogP contribution in [0.15, 0.2) is 0 Å². The molecule has 0 spiro atoms. The normalized spacial score (nSPS) is 21.4. The third-order valence-corrected chi connectivity index (χ3v) is 1.59. The van der Waals surface area contributed by atoms with Gasteiger partial charge < -0.3 is 30.0 Å². The molecule has 0 aromatic carbocycles. The lowest BCUT2D eigenvalue weighted by Gasteiger charge is -2.24. The number of carbonyl (C=O) groups excluding carboxylic acids is 1. The molecule has 0 aliphatic heterocycles. The summed E-state index contributed by atoms with van der Waals surface area (Å²) in [5.41, 5.74) is 0. The third-order valence-electron chi connectivity index (χ3n) is 1.59. The van der Waals surface area contributed by atoms with Crippen molar-refractivity contribution in [2.45, 2.75) is 24.4 Å². The lowest BCUT2D eigenvalue weighted by atomic mass is 10.0. The average molecular weight is 195 g/mol. The van der Waals surface area contributed by atoms with E-state index in [-0.39, 0.29) is 6.29 Å². The molecule has 0 aliphatic rings. The van der Waals surface area contributed by atoms with Gasteiger partial charge in [-0.05, 0) is 0 Å². The molecule has 4 atom stereocenters. The second-order valence-electron chi connectivity index (χ2n) is 2.50. The summed E-state index contributed by atoms with van der Waals surface area (Å²) in [5.74, 6) is 0. The third kappa shape index (κ3) is 3.37. The van der Waals surface area contributed by atoms with Gasteiger partial charge in [0.2, 0.25) is 0 Å². The van der Waals surface area contributed by atoms with Gasteiger partial charge in [-0.2, -0.15) is 0 Å². The van der Waals surface area contributed by atoms with Gasteiger partial charge in [-0.25, -0.2) is 0 Å². The van der Waals surface area contributed by atoms with Crippen molar-refractivity contribution < 1.29 is 31.3 Å². The number of aliphatic hydroxyl groups excluding tert-OH is 4. The number of aldehydes is 1. The quantitative estimate of drug-likeness (QED) is 0.343. The molecule has 0 radical (unpaired) electrons. The first-order chi connectivity index (χ1) is 6.58. The number of aliphatic hydroxyl groups is 4. The number of rotatable bonds is 6. The zero-order chi connectivity index (χ0) is 11.1. The van der Waals surface area contributed by atoms with E-state index in [0.717, 1.165) is 0 Å². The Morgan fingerprint density at radius 2 is 2.08 bits per heavy atom. The monoisotopic (exact) mass is 195 g/mol. The van der Waals surface area contributed by atoms with Crippen molar-refractivity contribution in [2.75, 3.05) is 13.7 Å². The molecular formula is C7H14O6. The van der Waals surface area contributed by atoms with E-state index in [1.54, 1.807) is 0 Å².